The Labute approximate surface area is 342 Å². The van der Waals surface area contributed by atoms with Gasteiger partial charge in [0.2, 0.25) is 0 Å². The van der Waals surface area contributed by atoms with Crippen LogP contribution in [0.3, 0.4) is 0 Å². The maximum absolute atomic E-state index is 6.72. The average Bonchev–Trinajstić information content (AvgIpc) is 4.04. The van der Waals surface area contributed by atoms with Gasteiger partial charge in [-0.2, -0.15) is 0 Å². The maximum atomic E-state index is 6.72. The molecule has 0 spiro atoms. The van der Waals surface area contributed by atoms with Crippen molar-refractivity contribution in [1.29, 1.82) is 0 Å². The lowest BCUT2D eigenvalue weighted by atomic mass is 9.96. The summed E-state index contributed by atoms with van der Waals surface area (Å²) < 4.78 is 22.0. The molecule has 0 fully saturated rings. The van der Waals surface area contributed by atoms with Crippen LogP contribution in [0.4, 0.5) is 0 Å². The first-order valence-corrected chi connectivity index (χ1v) is 21.9. The van der Waals surface area contributed by atoms with Gasteiger partial charge in [-0.1, -0.05) is 136 Å². The molecule has 8 aromatic carbocycles. The van der Waals surface area contributed by atoms with Gasteiger partial charge < -0.3 is 18.0 Å². The number of furan rings is 2. The van der Waals surface area contributed by atoms with E-state index < -0.39 is 0 Å². The van der Waals surface area contributed by atoms with E-state index in [1.807, 2.05) is 0 Å². The van der Waals surface area contributed by atoms with Crippen LogP contribution in [0.2, 0.25) is 0 Å². The zero-order chi connectivity index (χ0) is 37.9. The van der Waals surface area contributed by atoms with E-state index in [1.54, 1.807) is 0 Å². The summed E-state index contributed by atoms with van der Waals surface area (Å²) in [6.07, 6.45) is 4.48. The first-order chi connectivity index (χ1) is 28.8. The van der Waals surface area contributed by atoms with E-state index in [9.17, 15) is 0 Å². The van der Waals surface area contributed by atoms with Crippen LogP contribution in [0, 0.1) is 3.57 Å². The van der Waals surface area contributed by atoms with E-state index in [2.05, 4.69) is 195 Å². The van der Waals surface area contributed by atoms with Crippen LogP contribution in [0.15, 0.2) is 185 Å². The molecule has 4 nitrogen and oxygen atoms in total. The van der Waals surface area contributed by atoms with Crippen LogP contribution in [-0.2, 0) is 0 Å². The van der Waals surface area contributed by atoms with Gasteiger partial charge in [0, 0.05) is 63.8 Å². The summed E-state index contributed by atoms with van der Waals surface area (Å²) >= 11 is -0.178. The third-order valence-corrected chi connectivity index (χ3v) is 14.4. The van der Waals surface area contributed by atoms with Crippen molar-refractivity contribution in [3.05, 3.63) is 185 Å². The van der Waals surface area contributed by atoms with Crippen LogP contribution in [-0.4, -0.2) is 13.1 Å². The molecule has 1 aliphatic heterocycles. The van der Waals surface area contributed by atoms with Gasteiger partial charge in [0.05, 0.1) is 22.2 Å². The second-order valence-corrected chi connectivity index (χ2v) is 17.4. The molecule has 13 rings (SSSR count). The van der Waals surface area contributed by atoms with Gasteiger partial charge in [0.25, 0.3) is 0 Å². The van der Waals surface area contributed by atoms with Gasteiger partial charge in [-0.15, -0.1) is 0 Å². The van der Waals surface area contributed by atoms with Gasteiger partial charge in [0.15, 0.2) is 0 Å². The highest BCUT2D eigenvalue weighted by molar-refractivity contribution is 14.2. The van der Waals surface area contributed by atoms with Crippen molar-refractivity contribution >= 4 is 107 Å². The molecule has 0 saturated carbocycles. The molecule has 4 aromatic heterocycles. The number of rotatable bonds is 4. The largest absolute Gasteiger partial charge is 0.455 e. The fraction of sp³-hybridized carbons (Fsp3) is 0. The number of para-hydroxylation sites is 5. The van der Waals surface area contributed by atoms with Gasteiger partial charge in [0.1, 0.15) is 22.3 Å². The molecule has 58 heavy (non-hydrogen) atoms. The maximum Gasteiger partial charge on any atom is 0.143 e. The lowest BCUT2D eigenvalue weighted by Crippen LogP contribution is -1.97. The Balaban J connectivity index is 0.927. The van der Waals surface area contributed by atoms with Crippen LogP contribution in [0.5, 0.6) is 0 Å². The zero-order valence-electron chi connectivity index (χ0n) is 31.0. The smallest absolute Gasteiger partial charge is 0.143 e. The van der Waals surface area contributed by atoms with E-state index in [-0.39, 0.29) is 20.7 Å². The molecule has 0 bridgehead atoms. The third kappa shape index (κ3) is 4.59. The van der Waals surface area contributed by atoms with Crippen LogP contribution < -0.4 is 0 Å². The fourth-order valence-corrected chi connectivity index (χ4v) is 11.7. The molecule has 0 atom stereocenters. The quantitative estimate of drug-likeness (QED) is 0.165. The van der Waals surface area contributed by atoms with Crippen molar-refractivity contribution in [3.8, 4) is 33.6 Å². The minimum Gasteiger partial charge on any atom is -0.455 e. The summed E-state index contributed by atoms with van der Waals surface area (Å²) in [6.45, 7) is 0. The standard InChI is InChI=1S/C53H31IN2O2/c1-4-20-45-38(13-1)39-14-2-5-21-46(39)55(45)34-24-26-49-43(30-34)40-18-8-16-36(52(40)57-49)32-11-7-12-33(29-32)37-17-9-19-41-44-31-35(25-27-50(44)58-53(37)41)56-47-22-6-3-15-42(47)51-48(56)23-10-28-54-51/h1-31H. The highest BCUT2D eigenvalue weighted by Gasteiger charge is 2.20. The minimum absolute atomic E-state index is 0.178. The van der Waals surface area contributed by atoms with E-state index in [4.69, 9.17) is 8.83 Å². The molecule has 0 aliphatic carbocycles. The molecular formula is C53H31IN2O2. The SMILES string of the molecule is C1=Cc2c(c3ccccc3n2-c2ccc3oc4c(-c5cccc(-c6cccc7c6oc6ccc(-n8c9ccccc9c9ccccc98)cc67)c5)cccc4c3c2)I=C1. The number of allylic oxidation sites excluding steroid dienone is 1. The zero-order valence-corrected chi connectivity index (χ0v) is 33.1. The Hall–Kier alpha value is -6.96. The second kappa shape index (κ2) is 12.3. The summed E-state index contributed by atoms with van der Waals surface area (Å²) in [5, 5.41) is 8.29. The molecule has 0 unspecified atom stereocenters. The van der Waals surface area contributed by atoms with Crippen LogP contribution >= 0.6 is 20.7 Å². The molecule has 0 saturated heterocycles. The van der Waals surface area contributed by atoms with Crippen LogP contribution in [0.1, 0.15) is 5.69 Å². The average molecular weight is 855 g/mol. The fourth-order valence-electron chi connectivity index (χ4n) is 9.35. The number of aromatic nitrogens is 2. The lowest BCUT2D eigenvalue weighted by molar-refractivity contribution is 0.670. The molecule has 272 valence electrons. The summed E-state index contributed by atoms with van der Waals surface area (Å²) in [5.74, 6) is 0. The summed E-state index contributed by atoms with van der Waals surface area (Å²) in [4.78, 5) is 0. The molecule has 0 radical (unpaired) electrons. The molecular weight excluding hydrogens is 823 g/mol. The Morgan fingerprint density at radius 2 is 0.897 bits per heavy atom. The predicted molar refractivity (Wildman–Crippen MR) is 251 cm³/mol. The topological polar surface area (TPSA) is 36.1 Å². The number of halogens is 1. The molecule has 0 N–H and O–H groups in total. The molecule has 5 heteroatoms. The van der Waals surface area contributed by atoms with Gasteiger partial charge >= 0.3 is 0 Å². The number of hydrogen-bond acceptors (Lipinski definition) is 2. The first kappa shape index (κ1) is 32.2. The molecule has 12 aromatic rings. The number of nitrogens with zero attached hydrogens (tertiary/aromatic N) is 2. The van der Waals surface area contributed by atoms with Gasteiger partial charge in [-0.05, 0) is 81.9 Å². The second-order valence-electron chi connectivity index (χ2n) is 15.0. The molecule has 1 aliphatic rings. The Morgan fingerprint density at radius 1 is 0.397 bits per heavy atom. The number of fused-ring (bicyclic) bond motifs is 12. The van der Waals surface area contributed by atoms with Crippen molar-refractivity contribution in [2.45, 2.75) is 0 Å². The van der Waals surface area contributed by atoms with E-state index in [0.29, 0.717) is 0 Å². The number of hydrogen-bond donors (Lipinski definition) is 0. The van der Waals surface area contributed by atoms with Crippen molar-refractivity contribution in [2.24, 2.45) is 0 Å². The van der Waals surface area contributed by atoms with Crippen molar-refractivity contribution in [2.75, 3.05) is 0 Å². The normalized spacial score (nSPS) is 12.8. The van der Waals surface area contributed by atoms with Crippen LogP contribution in [0.25, 0.3) is 116 Å². The van der Waals surface area contributed by atoms with Crippen molar-refractivity contribution in [3.63, 3.8) is 0 Å². The lowest BCUT2D eigenvalue weighted by Gasteiger charge is -2.10. The molecule has 0 amide bonds. The predicted octanol–water partition coefficient (Wildman–Crippen LogP) is 14.8. The van der Waals surface area contributed by atoms with E-state index in [0.717, 1.165) is 77.5 Å². The summed E-state index contributed by atoms with van der Waals surface area (Å²) in [7, 11) is 0. The Morgan fingerprint density at radius 3 is 1.50 bits per heavy atom. The van der Waals surface area contributed by atoms with Gasteiger partial charge in [-0.25, -0.2) is 0 Å². The Kier molecular flexibility index (Phi) is 6.80. The number of benzene rings is 8. The Bertz CT molecular complexity index is 3700. The van der Waals surface area contributed by atoms with Gasteiger partial charge in [-0.3, -0.25) is 0 Å². The summed E-state index contributed by atoms with van der Waals surface area (Å²) in [5.41, 5.74) is 15.1. The summed E-state index contributed by atoms with van der Waals surface area (Å²) in [6, 6.07) is 61.0. The monoisotopic (exact) mass is 854 g/mol. The highest BCUT2D eigenvalue weighted by Crippen LogP contribution is 2.42. The highest BCUT2D eigenvalue weighted by atomic mass is 127. The minimum atomic E-state index is -0.178. The van der Waals surface area contributed by atoms with Crippen molar-refractivity contribution < 1.29 is 8.83 Å². The van der Waals surface area contributed by atoms with E-state index >= 15 is 0 Å². The van der Waals surface area contributed by atoms with E-state index in [1.165, 1.54) is 42.0 Å². The van der Waals surface area contributed by atoms with Crippen molar-refractivity contribution in [1.82, 2.24) is 9.13 Å². The first-order valence-electron chi connectivity index (χ1n) is 19.5. The third-order valence-electron chi connectivity index (χ3n) is 11.9. The molecule has 5 heterocycles.